The van der Waals surface area contributed by atoms with Gasteiger partial charge in [-0.2, -0.15) is 6.08 Å². The average molecular weight is 670 g/mol. The first-order valence-corrected chi connectivity index (χ1v) is 15.0. The number of ether oxygens (including phenoxy) is 4. The summed E-state index contributed by atoms with van der Waals surface area (Å²) in [6.07, 6.45) is 10.0. The minimum Gasteiger partial charge on any atom is -0.273 e. The molecule has 228 valence electrons. The van der Waals surface area contributed by atoms with E-state index in [0.29, 0.717) is 23.0 Å². The van der Waals surface area contributed by atoms with Crippen molar-refractivity contribution in [1.82, 2.24) is 0 Å². The van der Waals surface area contributed by atoms with E-state index in [1.165, 1.54) is 53.2 Å². The number of methoxy groups -OCH3 is 4. The van der Waals surface area contributed by atoms with Gasteiger partial charge in [-0.25, -0.2) is 12.2 Å². The van der Waals surface area contributed by atoms with E-state index in [9.17, 15) is 10.2 Å². The molecule has 6 rings (SSSR count). The predicted molar refractivity (Wildman–Crippen MR) is 173 cm³/mol. The molecule has 0 atom stereocenters. The molecule has 0 radical (unpaired) electrons. The van der Waals surface area contributed by atoms with Crippen LogP contribution in [-0.2, 0) is 24.2 Å². The van der Waals surface area contributed by atoms with E-state index in [0.717, 1.165) is 6.42 Å². The van der Waals surface area contributed by atoms with Gasteiger partial charge in [0.15, 0.2) is 0 Å². The molecule has 0 bridgehead atoms. The van der Waals surface area contributed by atoms with E-state index in [2.05, 4.69) is 80.6 Å². The summed E-state index contributed by atoms with van der Waals surface area (Å²) in [5.41, 5.74) is 0. The summed E-state index contributed by atoms with van der Waals surface area (Å²) >= 11 is 1.55. The van der Waals surface area contributed by atoms with Gasteiger partial charge in [-0.05, 0) is 35.8 Å². The van der Waals surface area contributed by atoms with Gasteiger partial charge >= 0.3 is 41.3 Å². The number of hydrogen-bond donors (Lipinski definition) is 0. The van der Waals surface area contributed by atoms with Crippen molar-refractivity contribution in [3.05, 3.63) is 115 Å². The maximum atomic E-state index is 11.2. The van der Waals surface area contributed by atoms with Gasteiger partial charge in [0.05, 0.1) is 28.4 Å². The summed E-state index contributed by atoms with van der Waals surface area (Å²) in [7, 11) is 5.82. The van der Waals surface area contributed by atoms with E-state index in [1.807, 2.05) is 12.2 Å². The van der Waals surface area contributed by atoms with Crippen molar-refractivity contribution >= 4 is 24.8 Å². The number of allylic oxidation sites excluding steroid dienone is 4. The first-order valence-electron chi connectivity index (χ1n) is 13.8. The van der Waals surface area contributed by atoms with Crippen molar-refractivity contribution in [2.45, 2.75) is 20.3 Å². The maximum Gasteiger partial charge on any atom is -0.0771 e. The third-order valence-electron chi connectivity index (χ3n) is 5.87. The molecule has 5 aromatic rings. The zero-order valence-electron chi connectivity index (χ0n) is 26.0. The molecule has 0 saturated heterocycles. The van der Waals surface area contributed by atoms with Crippen molar-refractivity contribution in [2.75, 3.05) is 28.4 Å². The van der Waals surface area contributed by atoms with Crippen molar-refractivity contribution < 1.29 is 53.4 Å². The average Bonchev–Trinajstić information content (AvgIpc) is 3.74. The Bertz CT molecular complexity index is 1490. The zero-order chi connectivity index (χ0) is 32.3. The summed E-state index contributed by atoms with van der Waals surface area (Å²) in [4.78, 5) is 0. The Morgan fingerprint density at radius 1 is 0.636 bits per heavy atom. The monoisotopic (exact) mass is 668 g/mol. The Morgan fingerprint density at radius 3 is 1.27 bits per heavy atom. The standard InChI is InChI=1S/C13H9.2C8H10O3.C5H5.C3H6.Zr/c1-3-7-12-10(5-1)9-11-6-2-4-8-13(11)12;2*1-10-6-4-3-5-7(11-2)8(6)9;1-2-4-5-3-1;1-3-2;/h1-9H;2*3-5,9H,1-2H3;1-3H,4H2;1-2H3;/q-1;;;-1;;+2/p-2. The van der Waals surface area contributed by atoms with Crippen molar-refractivity contribution in [1.29, 1.82) is 0 Å². The van der Waals surface area contributed by atoms with Crippen LogP contribution in [-0.4, -0.2) is 31.6 Å². The normalized spacial score (nSPS) is 10.5. The Labute approximate surface area is 275 Å². The quantitative estimate of drug-likeness (QED) is 0.187. The third-order valence-corrected chi connectivity index (χ3v) is 5.87. The van der Waals surface area contributed by atoms with E-state index < -0.39 is 0 Å². The molecular formula is C37H38O6Zr-2. The minimum absolute atomic E-state index is 0.211. The van der Waals surface area contributed by atoms with Gasteiger partial charge in [0.1, 0.15) is 23.0 Å². The number of hydrogen-bond acceptors (Lipinski definition) is 6. The van der Waals surface area contributed by atoms with Gasteiger partial charge in [0, 0.05) is 0 Å². The summed E-state index contributed by atoms with van der Waals surface area (Å²) in [5.74, 6) is 0.817. The zero-order valence-corrected chi connectivity index (χ0v) is 28.5. The van der Waals surface area contributed by atoms with Gasteiger partial charge in [-0.3, -0.25) is 6.08 Å². The summed E-state index contributed by atoms with van der Waals surface area (Å²) in [6, 6.07) is 29.1. The van der Waals surface area contributed by atoms with Crippen LogP contribution in [0, 0.1) is 6.08 Å². The molecule has 6 nitrogen and oxygen atoms in total. The molecule has 0 heterocycles. The molecule has 1 aliphatic carbocycles. The maximum absolute atomic E-state index is 11.2. The fraction of sp³-hybridized carbons (Fsp3) is 0.189. The second-order valence-corrected chi connectivity index (χ2v) is 11.8. The fourth-order valence-electron chi connectivity index (χ4n) is 3.88. The van der Waals surface area contributed by atoms with Crippen LogP contribution in [0.5, 0.6) is 34.5 Å². The molecule has 0 fully saturated rings. The number of rotatable bonds is 4. The van der Waals surface area contributed by atoms with Crippen LogP contribution in [0.25, 0.3) is 21.5 Å². The summed E-state index contributed by atoms with van der Waals surface area (Å²) in [5, 5.41) is 27.8. The molecule has 0 saturated carbocycles. The Morgan fingerprint density at radius 2 is 1.00 bits per heavy atom. The van der Waals surface area contributed by atoms with Crippen LogP contribution >= 0.6 is 0 Å². The molecule has 44 heavy (non-hydrogen) atoms. The SMILES string of the molecule is COc1cccc(OC)c1[O-].COc1cccc(OC)c1[O-].C[C](C)=[Zr+2].[C-]1=CC=CC1.c1ccc2c(c1)[cH-]c1ccccc12. The van der Waals surface area contributed by atoms with Crippen LogP contribution in [0.4, 0.5) is 0 Å². The van der Waals surface area contributed by atoms with E-state index in [4.69, 9.17) is 18.9 Å². The third kappa shape index (κ3) is 11.5. The Hall–Kier alpha value is -4.22. The minimum atomic E-state index is -0.211. The molecule has 5 aromatic carbocycles. The molecule has 0 aromatic heterocycles. The molecule has 1 aliphatic rings. The van der Waals surface area contributed by atoms with Crippen molar-refractivity contribution in [2.24, 2.45) is 0 Å². The molecule has 0 N–H and O–H groups in total. The largest absolute Gasteiger partial charge is 0.273 e. The van der Waals surface area contributed by atoms with Crippen LogP contribution in [0.3, 0.4) is 0 Å². The second-order valence-electron chi connectivity index (χ2n) is 9.31. The Kier molecular flexibility index (Phi) is 16.2. The van der Waals surface area contributed by atoms with Gasteiger partial charge in [-0.15, -0.1) is 46.2 Å². The molecule has 0 unspecified atom stereocenters. The van der Waals surface area contributed by atoms with Crippen LogP contribution in [0.15, 0.2) is 109 Å². The molecule has 0 spiro atoms. The van der Waals surface area contributed by atoms with Gasteiger partial charge in [-0.1, -0.05) is 48.5 Å². The molecule has 0 amide bonds. The molecular weight excluding hydrogens is 632 g/mol. The van der Waals surface area contributed by atoms with Gasteiger partial charge in [0.25, 0.3) is 0 Å². The van der Waals surface area contributed by atoms with Crippen LogP contribution < -0.4 is 29.2 Å². The second kappa shape index (κ2) is 19.9. The molecule has 7 heteroatoms. The predicted octanol–water partition coefficient (Wildman–Crippen LogP) is 7.32. The smallest absolute Gasteiger partial charge is 0.0771 e. The first-order chi connectivity index (χ1) is 21.3. The van der Waals surface area contributed by atoms with Crippen LogP contribution in [0.2, 0.25) is 0 Å². The topological polar surface area (TPSA) is 83.0 Å². The van der Waals surface area contributed by atoms with Crippen LogP contribution in [0.1, 0.15) is 20.3 Å². The molecule has 0 aliphatic heterocycles. The number of fused-ring (bicyclic) bond motifs is 3. The van der Waals surface area contributed by atoms with E-state index in [-0.39, 0.29) is 11.5 Å². The van der Waals surface area contributed by atoms with Crippen molar-refractivity contribution in [3.63, 3.8) is 0 Å². The van der Waals surface area contributed by atoms with Gasteiger partial charge < -0.3 is 29.2 Å². The first kappa shape index (κ1) is 36.0. The Balaban J connectivity index is 0.000000203. The van der Waals surface area contributed by atoms with Crippen molar-refractivity contribution in [3.8, 4) is 34.5 Å². The van der Waals surface area contributed by atoms with E-state index in [1.54, 1.807) is 60.6 Å². The van der Waals surface area contributed by atoms with Gasteiger partial charge in [0.2, 0.25) is 0 Å². The summed E-state index contributed by atoms with van der Waals surface area (Å²) < 4.78 is 20.7. The fourth-order valence-corrected chi connectivity index (χ4v) is 3.88. The number of para-hydroxylation sites is 2. The summed E-state index contributed by atoms with van der Waals surface area (Å²) in [6.45, 7) is 4.25. The van der Waals surface area contributed by atoms with E-state index >= 15 is 0 Å². The number of benzene rings is 4.